The number of aromatic nitrogens is 3. The van der Waals surface area contributed by atoms with Crippen LogP contribution in [0.4, 0.5) is 11.6 Å². The van der Waals surface area contributed by atoms with E-state index in [-0.39, 0.29) is 22.7 Å². The molecule has 1 N–H and O–H groups in total. The summed E-state index contributed by atoms with van der Waals surface area (Å²) in [6, 6.07) is 25.1. The molecule has 0 bridgehead atoms. The summed E-state index contributed by atoms with van der Waals surface area (Å²) in [5.41, 5.74) is 1.45. The summed E-state index contributed by atoms with van der Waals surface area (Å²) in [4.78, 5) is 11.6. The Kier molecular flexibility index (Phi) is 6.90. The van der Waals surface area contributed by atoms with E-state index in [1.54, 1.807) is 36.4 Å². The highest BCUT2D eigenvalue weighted by Gasteiger charge is 2.29. The van der Waals surface area contributed by atoms with Gasteiger partial charge in [0.2, 0.25) is 16.5 Å². The molecule has 4 aromatic rings. The molecule has 1 aromatic heterocycles. The van der Waals surface area contributed by atoms with Crippen molar-refractivity contribution < 1.29 is 13.6 Å². The lowest BCUT2D eigenvalue weighted by Crippen LogP contribution is -2.04. The molecule has 4 rings (SSSR count). The van der Waals surface area contributed by atoms with Crippen molar-refractivity contribution in [1.29, 1.82) is 0 Å². The van der Waals surface area contributed by atoms with E-state index in [0.29, 0.717) is 17.2 Å². The fourth-order valence-corrected chi connectivity index (χ4v) is 4.87. The van der Waals surface area contributed by atoms with Crippen LogP contribution in [0.15, 0.2) is 84.9 Å². The van der Waals surface area contributed by atoms with Crippen LogP contribution in [0.1, 0.15) is 5.56 Å². The van der Waals surface area contributed by atoms with Gasteiger partial charge < -0.3 is 14.4 Å². The normalized spacial score (nSPS) is 11.1. The fourth-order valence-electron chi connectivity index (χ4n) is 2.80. The zero-order valence-electron chi connectivity index (χ0n) is 16.6. The third-order valence-electron chi connectivity index (χ3n) is 4.14. The molecule has 10 heteroatoms. The maximum absolute atomic E-state index is 13.7. The van der Waals surface area contributed by atoms with Gasteiger partial charge in [0.25, 0.3) is 0 Å². The number of rotatable bonds is 8. The molecular formula is C22H17Cl2N4O3P. The lowest BCUT2D eigenvalue weighted by atomic mass is 10.2. The molecule has 7 nitrogen and oxygen atoms in total. The van der Waals surface area contributed by atoms with E-state index in [0.717, 1.165) is 5.56 Å². The van der Waals surface area contributed by atoms with Crippen molar-refractivity contribution in [1.82, 2.24) is 15.0 Å². The van der Waals surface area contributed by atoms with Crippen LogP contribution in [0.25, 0.3) is 0 Å². The zero-order valence-corrected chi connectivity index (χ0v) is 19.0. The smallest absolute Gasteiger partial charge is 0.416 e. The second kappa shape index (κ2) is 10.0. The van der Waals surface area contributed by atoms with Crippen LogP contribution in [0.3, 0.4) is 0 Å². The number of benzene rings is 3. The van der Waals surface area contributed by atoms with Gasteiger partial charge in [0.15, 0.2) is 0 Å². The van der Waals surface area contributed by atoms with Gasteiger partial charge in [0, 0.05) is 5.69 Å². The SMILES string of the molecule is O=P(Cc1ccc(Nc2nc(Cl)nc(Cl)n2)cc1)(Oc1ccccc1)Oc1ccccc1. The molecule has 32 heavy (non-hydrogen) atoms. The molecule has 0 atom stereocenters. The first-order chi connectivity index (χ1) is 15.5. The first kappa shape index (κ1) is 22.1. The highest BCUT2D eigenvalue weighted by Crippen LogP contribution is 2.51. The maximum atomic E-state index is 13.7. The van der Waals surface area contributed by atoms with Crippen LogP contribution in [-0.4, -0.2) is 15.0 Å². The molecule has 0 saturated heterocycles. The summed E-state index contributed by atoms with van der Waals surface area (Å²) in [6.07, 6.45) is 0.0699. The van der Waals surface area contributed by atoms with E-state index in [1.807, 2.05) is 48.5 Å². The van der Waals surface area contributed by atoms with Crippen LogP contribution in [0, 0.1) is 0 Å². The van der Waals surface area contributed by atoms with Crippen LogP contribution in [-0.2, 0) is 10.7 Å². The molecule has 3 aromatic carbocycles. The molecule has 0 radical (unpaired) electrons. The molecule has 1 heterocycles. The third-order valence-corrected chi connectivity index (χ3v) is 6.21. The van der Waals surface area contributed by atoms with Crippen molar-refractivity contribution in [2.24, 2.45) is 0 Å². The quantitative estimate of drug-likeness (QED) is 0.275. The van der Waals surface area contributed by atoms with Crippen molar-refractivity contribution >= 4 is 42.4 Å². The largest absolute Gasteiger partial charge is 0.435 e. The Morgan fingerprint density at radius 1 is 0.719 bits per heavy atom. The van der Waals surface area contributed by atoms with Gasteiger partial charge in [-0.25, -0.2) is 4.57 Å². The third kappa shape index (κ3) is 6.20. The van der Waals surface area contributed by atoms with Gasteiger partial charge in [-0.1, -0.05) is 48.5 Å². The second-order valence-electron chi connectivity index (χ2n) is 6.60. The topological polar surface area (TPSA) is 86.2 Å². The molecule has 0 amide bonds. The summed E-state index contributed by atoms with van der Waals surface area (Å²) in [5, 5.41) is 2.97. The minimum absolute atomic E-state index is 0.0128. The first-order valence-electron chi connectivity index (χ1n) is 9.49. The number of nitrogens with one attached hydrogen (secondary N) is 1. The van der Waals surface area contributed by atoms with Gasteiger partial charge in [0.05, 0.1) is 6.16 Å². The average molecular weight is 487 g/mol. The fraction of sp³-hybridized carbons (Fsp3) is 0.0455. The number of hydrogen-bond donors (Lipinski definition) is 1. The minimum atomic E-state index is -3.57. The number of anilines is 2. The van der Waals surface area contributed by atoms with E-state index >= 15 is 0 Å². The maximum Gasteiger partial charge on any atom is 0.435 e. The highest BCUT2D eigenvalue weighted by molar-refractivity contribution is 7.53. The van der Waals surface area contributed by atoms with E-state index in [1.165, 1.54) is 0 Å². The molecule has 0 spiro atoms. The summed E-state index contributed by atoms with van der Waals surface area (Å²) >= 11 is 11.6. The van der Waals surface area contributed by atoms with Gasteiger partial charge >= 0.3 is 7.60 Å². The summed E-state index contributed by atoms with van der Waals surface area (Å²) in [5.74, 6) is 1.15. The number of nitrogens with zero attached hydrogens (tertiary/aromatic N) is 3. The Morgan fingerprint density at radius 3 is 1.72 bits per heavy atom. The predicted octanol–water partition coefficient (Wildman–Crippen LogP) is 6.77. The van der Waals surface area contributed by atoms with Gasteiger partial charge in [-0.3, -0.25) is 0 Å². The number of hydrogen-bond acceptors (Lipinski definition) is 7. The Morgan fingerprint density at radius 2 is 1.22 bits per heavy atom. The Labute approximate surface area is 194 Å². The highest BCUT2D eigenvalue weighted by atomic mass is 35.5. The van der Waals surface area contributed by atoms with Crippen molar-refractivity contribution in [3.63, 3.8) is 0 Å². The Balaban J connectivity index is 1.52. The van der Waals surface area contributed by atoms with Gasteiger partial charge in [-0.15, -0.1) is 0 Å². The zero-order chi connectivity index (χ0) is 22.4. The van der Waals surface area contributed by atoms with Crippen molar-refractivity contribution in [2.45, 2.75) is 6.16 Å². The predicted molar refractivity (Wildman–Crippen MR) is 125 cm³/mol. The molecule has 0 saturated carbocycles. The molecule has 0 fully saturated rings. The molecule has 0 aliphatic heterocycles. The second-order valence-corrected chi connectivity index (χ2v) is 9.18. The standard InChI is InChI=1S/C22H17Cl2N4O3P/c23-20-26-21(24)28-22(27-20)25-17-13-11-16(12-14-17)15-32(29,30-18-7-3-1-4-8-18)31-19-9-5-2-6-10-19/h1-14H,15H2,(H,25,26,27,28). The minimum Gasteiger partial charge on any atom is -0.416 e. The first-order valence-corrected chi connectivity index (χ1v) is 12.0. The lowest BCUT2D eigenvalue weighted by molar-refractivity contribution is 0.384. The van der Waals surface area contributed by atoms with Crippen LogP contribution in [0.5, 0.6) is 11.5 Å². The number of halogens is 2. The van der Waals surface area contributed by atoms with Crippen LogP contribution < -0.4 is 14.4 Å². The number of para-hydroxylation sites is 2. The Bertz CT molecular complexity index is 1160. The van der Waals surface area contributed by atoms with Crippen molar-refractivity contribution in [3.05, 3.63) is 101 Å². The van der Waals surface area contributed by atoms with E-state index in [4.69, 9.17) is 32.2 Å². The van der Waals surface area contributed by atoms with Crippen molar-refractivity contribution in [3.8, 4) is 11.5 Å². The summed E-state index contributed by atoms with van der Waals surface area (Å²) < 4.78 is 25.3. The van der Waals surface area contributed by atoms with Crippen LogP contribution in [0.2, 0.25) is 10.6 Å². The lowest BCUT2D eigenvalue weighted by Gasteiger charge is -2.20. The van der Waals surface area contributed by atoms with Gasteiger partial charge in [-0.2, -0.15) is 15.0 Å². The molecular weight excluding hydrogens is 470 g/mol. The monoisotopic (exact) mass is 486 g/mol. The van der Waals surface area contributed by atoms with E-state index in [2.05, 4.69) is 20.3 Å². The molecule has 0 aliphatic carbocycles. The Hall–Kier alpha value is -3.12. The van der Waals surface area contributed by atoms with Crippen LogP contribution >= 0.6 is 30.8 Å². The van der Waals surface area contributed by atoms with Crippen molar-refractivity contribution in [2.75, 3.05) is 5.32 Å². The summed E-state index contributed by atoms with van der Waals surface area (Å²) in [6.45, 7) is 0. The van der Waals surface area contributed by atoms with Gasteiger partial charge in [0.1, 0.15) is 11.5 Å². The molecule has 0 unspecified atom stereocenters. The van der Waals surface area contributed by atoms with E-state index < -0.39 is 7.60 Å². The molecule has 0 aliphatic rings. The van der Waals surface area contributed by atoms with E-state index in [9.17, 15) is 4.57 Å². The average Bonchev–Trinajstić information content (AvgIpc) is 2.76. The van der Waals surface area contributed by atoms with Gasteiger partial charge in [-0.05, 0) is 65.2 Å². The summed E-state index contributed by atoms with van der Waals surface area (Å²) in [7, 11) is -3.57. The molecule has 162 valence electrons.